The lowest BCUT2D eigenvalue weighted by atomic mass is 9.26. The molecule has 3 heteroatoms. The number of hydrogen-bond acceptors (Lipinski definition) is 3. The summed E-state index contributed by atoms with van der Waals surface area (Å²) in [6.07, 6.45) is 31.9. The maximum atomic E-state index is 12.2. The van der Waals surface area contributed by atoms with Crippen LogP contribution in [0.2, 0.25) is 0 Å². The lowest BCUT2D eigenvalue weighted by molar-refractivity contribution is -0.328. The predicted molar refractivity (Wildman–Crippen MR) is 190 cm³/mol. The number of hydrogen-bond donors (Lipinski definition) is 3. The highest BCUT2D eigenvalue weighted by Gasteiger charge is 2.86. The predicted octanol–water partition coefficient (Wildman–Crippen LogP) is 9.69. The fraction of sp³-hybridized carbons (Fsp3) is 0.810. The Hall–Kier alpha value is -1.34. The van der Waals surface area contributed by atoms with Gasteiger partial charge in [0.15, 0.2) is 0 Å². The summed E-state index contributed by atoms with van der Waals surface area (Å²) in [5, 5.41) is 26.9. The summed E-state index contributed by atoms with van der Waals surface area (Å²) in [6.45, 7) is 18.8. The Labute approximate surface area is 277 Å². The van der Waals surface area contributed by atoms with Gasteiger partial charge < -0.3 is 10.2 Å². The zero-order valence-electron chi connectivity index (χ0n) is 29.9. The average molecular weight is 618 g/mol. The normalized spacial score (nSPS) is 43.8. The zero-order valence-corrected chi connectivity index (χ0v) is 29.9. The molecule has 45 heavy (non-hydrogen) atoms. The van der Waals surface area contributed by atoms with Gasteiger partial charge in [-0.3, -0.25) is 5.32 Å². The van der Waals surface area contributed by atoms with E-state index in [2.05, 4.69) is 77.6 Å². The summed E-state index contributed by atoms with van der Waals surface area (Å²) in [7, 11) is 0. The summed E-state index contributed by atoms with van der Waals surface area (Å²) in [5.74, 6) is 5.18. The van der Waals surface area contributed by atoms with Crippen LogP contribution >= 0.6 is 0 Å². The highest BCUT2D eigenvalue weighted by molar-refractivity contribution is 5.46. The molecule has 2 bridgehead atoms. The summed E-state index contributed by atoms with van der Waals surface area (Å²) < 4.78 is 0. The Kier molecular flexibility index (Phi) is 10.3. The third-order valence-corrected chi connectivity index (χ3v) is 15.0. The Morgan fingerprint density at radius 1 is 1.02 bits per heavy atom. The first kappa shape index (κ1) is 35.0. The smallest absolute Gasteiger partial charge is 0.0880 e. The van der Waals surface area contributed by atoms with Crippen LogP contribution in [0, 0.1) is 52.3 Å². The van der Waals surface area contributed by atoms with Crippen LogP contribution in [0.4, 0.5) is 0 Å². The quantitative estimate of drug-likeness (QED) is 0.0787. The molecule has 0 aromatic rings. The second-order valence-electron chi connectivity index (χ2n) is 17.1. The van der Waals surface area contributed by atoms with Crippen molar-refractivity contribution in [1.82, 2.24) is 5.32 Å². The zero-order chi connectivity index (χ0) is 32.7. The van der Waals surface area contributed by atoms with Crippen molar-refractivity contribution < 1.29 is 10.2 Å². The Morgan fingerprint density at radius 2 is 1.73 bits per heavy atom. The molecule has 3 N–H and O–H groups in total. The van der Waals surface area contributed by atoms with Crippen LogP contribution in [0.5, 0.6) is 0 Å². The van der Waals surface area contributed by atoms with E-state index in [4.69, 9.17) is 6.42 Å². The van der Waals surface area contributed by atoms with Crippen molar-refractivity contribution in [2.75, 3.05) is 0 Å². The van der Waals surface area contributed by atoms with E-state index in [0.29, 0.717) is 23.7 Å². The van der Waals surface area contributed by atoms with E-state index in [-0.39, 0.29) is 39.5 Å². The Morgan fingerprint density at radius 3 is 2.42 bits per heavy atom. The van der Waals surface area contributed by atoms with E-state index >= 15 is 0 Å². The number of piperidine rings is 1. The van der Waals surface area contributed by atoms with Crippen molar-refractivity contribution in [2.45, 2.75) is 174 Å². The van der Waals surface area contributed by atoms with Gasteiger partial charge in [0.25, 0.3) is 0 Å². The van der Waals surface area contributed by atoms with Crippen LogP contribution in [-0.4, -0.2) is 33.5 Å². The fourth-order valence-corrected chi connectivity index (χ4v) is 12.5. The van der Waals surface area contributed by atoms with Gasteiger partial charge >= 0.3 is 0 Å². The molecule has 0 amide bonds. The van der Waals surface area contributed by atoms with E-state index in [0.717, 1.165) is 57.8 Å². The van der Waals surface area contributed by atoms with Gasteiger partial charge in [0.05, 0.1) is 17.7 Å². The van der Waals surface area contributed by atoms with Crippen molar-refractivity contribution in [3.8, 4) is 12.3 Å². The van der Waals surface area contributed by atoms with E-state index in [1.807, 2.05) is 0 Å². The number of terminal acetylenes is 1. The topological polar surface area (TPSA) is 52.5 Å². The van der Waals surface area contributed by atoms with E-state index in [1.54, 1.807) is 5.57 Å². The van der Waals surface area contributed by atoms with E-state index in [1.165, 1.54) is 56.9 Å². The number of fused-ring (bicyclic) bond motifs is 2. The maximum absolute atomic E-state index is 12.2. The summed E-state index contributed by atoms with van der Waals surface area (Å²) in [5.41, 5.74) is 2.30. The number of nitrogens with one attached hydrogen (secondary N) is 1. The number of aliphatic hydroxyl groups excluding tert-OH is 2. The molecule has 0 radical (unpaired) electrons. The second-order valence-corrected chi connectivity index (χ2v) is 17.1. The second kappa shape index (κ2) is 13.3. The van der Waals surface area contributed by atoms with Crippen molar-refractivity contribution in [2.24, 2.45) is 39.9 Å². The number of aliphatic hydroxyl groups is 2. The van der Waals surface area contributed by atoms with Gasteiger partial charge in [-0.05, 0) is 125 Å². The molecule has 5 fully saturated rings. The van der Waals surface area contributed by atoms with Crippen molar-refractivity contribution in [3.63, 3.8) is 0 Å². The third-order valence-electron chi connectivity index (χ3n) is 15.0. The molecule has 252 valence electrons. The standard InChI is InChI=1S/C42H67NO2/c1-9-17-32(18-10-2)20-16-14-12-13-15-19-30(4)21-22-31(5)35-23-24-36-39(35,7)37(45)29-42-38(6)26-25-34(44)27-33(38)28-41(11-3,43-42)40(36,42)8/h3,15,19-20,31,33-37,43-45H,4,9-10,12-14,16-18,21-29H2,1-2,5-8H3/b19-15+/t31-,33?,34-,35-,36-,37+,38?,39?,40?,41-,42+/m1/s1. The molecule has 5 rings (SSSR count). The van der Waals surface area contributed by atoms with Crippen LogP contribution in [0.15, 0.2) is 36.0 Å². The molecule has 0 aromatic heterocycles. The van der Waals surface area contributed by atoms with Crippen LogP contribution in [-0.2, 0) is 0 Å². The molecule has 4 saturated carbocycles. The van der Waals surface area contributed by atoms with Crippen molar-refractivity contribution >= 4 is 0 Å². The first-order valence-corrected chi connectivity index (χ1v) is 19.0. The molecule has 4 aliphatic carbocycles. The highest BCUT2D eigenvalue weighted by atomic mass is 16.3. The minimum absolute atomic E-state index is 0.0412. The molecule has 1 saturated heterocycles. The molecule has 0 aromatic carbocycles. The van der Waals surface area contributed by atoms with E-state index in [9.17, 15) is 10.2 Å². The van der Waals surface area contributed by atoms with Gasteiger partial charge in [0, 0.05) is 16.4 Å². The number of rotatable bonds is 14. The van der Waals surface area contributed by atoms with Gasteiger partial charge in [-0.25, -0.2) is 0 Å². The SMILES string of the molecule is C#C[C@@]12CC3C[C@H](O)CCC3(C)[C@]3(C[C@H](O)C4(C)[C@@H]([C@H](C)CCC(=C)/C=C/CCCCC=C(CCC)CCC)CC[C@H]4C31C)N2. The number of unbranched alkanes of at least 4 members (excludes halogenated alkanes) is 3. The summed E-state index contributed by atoms with van der Waals surface area (Å²) in [4.78, 5) is 0. The largest absolute Gasteiger partial charge is 0.393 e. The molecule has 5 aliphatic rings. The number of allylic oxidation sites excluding steroid dienone is 5. The van der Waals surface area contributed by atoms with Crippen LogP contribution in [0.25, 0.3) is 0 Å². The fourth-order valence-electron chi connectivity index (χ4n) is 12.5. The van der Waals surface area contributed by atoms with Gasteiger partial charge in [0.2, 0.25) is 0 Å². The average Bonchev–Trinajstić information content (AvgIpc) is 3.37. The molecule has 3 nitrogen and oxygen atoms in total. The molecule has 1 aliphatic heterocycles. The van der Waals surface area contributed by atoms with Crippen LogP contribution in [0.1, 0.15) is 151 Å². The highest BCUT2D eigenvalue weighted by Crippen LogP contribution is 2.81. The molecular formula is C42H67NO2. The van der Waals surface area contributed by atoms with Crippen LogP contribution in [0.3, 0.4) is 0 Å². The molecule has 0 spiro atoms. The first-order valence-electron chi connectivity index (χ1n) is 19.0. The lowest BCUT2D eigenvalue weighted by Gasteiger charge is -2.85. The first-order chi connectivity index (χ1) is 21.4. The Bertz CT molecular complexity index is 1170. The molecule has 4 unspecified atom stereocenters. The monoisotopic (exact) mass is 618 g/mol. The summed E-state index contributed by atoms with van der Waals surface area (Å²) in [6, 6.07) is 0. The van der Waals surface area contributed by atoms with Crippen LogP contribution < -0.4 is 5.32 Å². The van der Waals surface area contributed by atoms with Gasteiger partial charge in [-0.15, -0.1) is 6.42 Å². The lowest BCUT2D eigenvalue weighted by Crippen LogP contribution is -2.97. The molecular weight excluding hydrogens is 550 g/mol. The summed E-state index contributed by atoms with van der Waals surface area (Å²) >= 11 is 0. The van der Waals surface area contributed by atoms with Gasteiger partial charge in [0.1, 0.15) is 0 Å². The van der Waals surface area contributed by atoms with Gasteiger partial charge in [-0.2, -0.15) is 0 Å². The molecule has 1 heterocycles. The van der Waals surface area contributed by atoms with E-state index < -0.39 is 0 Å². The van der Waals surface area contributed by atoms with Gasteiger partial charge in [-0.1, -0.05) is 96.3 Å². The maximum Gasteiger partial charge on any atom is 0.0880 e. The third kappa shape index (κ3) is 5.36. The van der Waals surface area contributed by atoms with Crippen molar-refractivity contribution in [1.29, 1.82) is 0 Å². The minimum Gasteiger partial charge on any atom is -0.393 e. The molecule has 11 atom stereocenters. The van der Waals surface area contributed by atoms with Crippen molar-refractivity contribution in [3.05, 3.63) is 36.0 Å². The Balaban J connectivity index is 1.19. The minimum atomic E-state index is -0.339.